The summed E-state index contributed by atoms with van der Waals surface area (Å²) in [7, 11) is 0. The van der Waals surface area contributed by atoms with Gasteiger partial charge in [-0.15, -0.1) is 5.10 Å². The first-order chi connectivity index (χ1) is 7.70. The molecule has 0 aromatic carbocycles. The minimum absolute atomic E-state index is 0.0415. The van der Waals surface area contributed by atoms with Gasteiger partial charge in [0.05, 0.1) is 11.8 Å². The second-order valence-corrected chi connectivity index (χ2v) is 3.62. The summed E-state index contributed by atoms with van der Waals surface area (Å²) < 4.78 is 0. The molecule has 0 atom stereocenters. The van der Waals surface area contributed by atoms with Crippen molar-refractivity contribution < 1.29 is 0 Å². The fourth-order valence-corrected chi connectivity index (χ4v) is 1.53. The summed E-state index contributed by atoms with van der Waals surface area (Å²) in [6.45, 7) is 5.98. The fourth-order valence-electron chi connectivity index (χ4n) is 1.53. The van der Waals surface area contributed by atoms with Gasteiger partial charge < -0.3 is 10.6 Å². The largest absolute Gasteiger partial charge is 0.384 e. The van der Waals surface area contributed by atoms with Crippen molar-refractivity contribution in [3.63, 3.8) is 0 Å². The quantitative estimate of drug-likeness (QED) is 0.562. The van der Waals surface area contributed by atoms with Crippen LogP contribution in [-0.2, 0) is 0 Å². The molecule has 16 heavy (non-hydrogen) atoms. The van der Waals surface area contributed by atoms with E-state index in [1.807, 2.05) is 0 Å². The van der Waals surface area contributed by atoms with Crippen molar-refractivity contribution in [2.24, 2.45) is 5.73 Å². The summed E-state index contributed by atoms with van der Waals surface area (Å²) in [5.74, 6) is 0.755. The number of unbranched alkanes of at least 4 members (excludes halogenated alkanes) is 1. The van der Waals surface area contributed by atoms with E-state index < -0.39 is 0 Å². The van der Waals surface area contributed by atoms with Crippen LogP contribution in [0.5, 0.6) is 0 Å². The summed E-state index contributed by atoms with van der Waals surface area (Å²) in [5, 5.41) is 15.4. The lowest BCUT2D eigenvalue weighted by molar-refractivity contribution is 0.717. The highest BCUT2D eigenvalue weighted by Crippen LogP contribution is 2.15. The number of rotatable bonds is 6. The number of aromatic nitrogens is 2. The molecule has 0 unspecified atom stereocenters. The van der Waals surface area contributed by atoms with Gasteiger partial charge in [-0.25, -0.2) is 0 Å². The predicted octanol–water partition coefficient (Wildman–Crippen LogP) is 1.39. The van der Waals surface area contributed by atoms with E-state index in [0.717, 1.165) is 25.9 Å². The van der Waals surface area contributed by atoms with Crippen LogP contribution in [0, 0.1) is 5.41 Å². The first kappa shape index (κ1) is 12.4. The number of hydrogen-bond acceptors (Lipinski definition) is 4. The zero-order valence-electron chi connectivity index (χ0n) is 9.90. The molecule has 0 aliphatic heterocycles. The van der Waals surface area contributed by atoms with Gasteiger partial charge >= 0.3 is 0 Å². The van der Waals surface area contributed by atoms with Crippen LogP contribution in [0.3, 0.4) is 0 Å². The van der Waals surface area contributed by atoms with Gasteiger partial charge in [-0.3, -0.25) is 5.41 Å². The molecule has 0 bridgehead atoms. The lowest BCUT2D eigenvalue weighted by Crippen LogP contribution is -2.28. The highest BCUT2D eigenvalue weighted by molar-refractivity contribution is 5.99. The van der Waals surface area contributed by atoms with Crippen molar-refractivity contribution >= 4 is 11.7 Å². The van der Waals surface area contributed by atoms with Crippen LogP contribution in [0.2, 0.25) is 0 Å². The average molecular weight is 221 g/mol. The molecule has 0 radical (unpaired) electrons. The molecule has 0 amide bonds. The summed E-state index contributed by atoms with van der Waals surface area (Å²) >= 11 is 0. The van der Waals surface area contributed by atoms with Crippen LogP contribution in [0.15, 0.2) is 12.3 Å². The van der Waals surface area contributed by atoms with Crippen molar-refractivity contribution in [2.45, 2.75) is 26.7 Å². The van der Waals surface area contributed by atoms with Gasteiger partial charge in [0, 0.05) is 13.1 Å². The van der Waals surface area contributed by atoms with Crippen LogP contribution >= 0.6 is 0 Å². The second-order valence-electron chi connectivity index (χ2n) is 3.62. The molecule has 1 aromatic heterocycles. The third-order valence-electron chi connectivity index (χ3n) is 2.45. The van der Waals surface area contributed by atoms with Crippen LogP contribution < -0.4 is 10.6 Å². The summed E-state index contributed by atoms with van der Waals surface area (Å²) in [4.78, 5) is 2.10. The van der Waals surface area contributed by atoms with Crippen LogP contribution in [0.25, 0.3) is 0 Å². The smallest absolute Gasteiger partial charge is 0.162 e. The van der Waals surface area contributed by atoms with Crippen molar-refractivity contribution in [1.29, 1.82) is 5.41 Å². The van der Waals surface area contributed by atoms with Crippen molar-refractivity contribution in [1.82, 2.24) is 10.2 Å². The number of nitrogen functional groups attached to an aromatic ring is 1. The molecule has 88 valence electrons. The number of amidine groups is 1. The number of hydrogen-bond donors (Lipinski definition) is 2. The van der Waals surface area contributed by atoms with E-state index in [2.05, 4.69) is 28.9 Å². The molecule has 1 heterocycles. The SMILES string of the molecule is CCCCN(CC)c1nnccc1C(=N)N. The summed E-state index contributed by atoms with van der Waals surface area (Å²) in [6, 6.07) is 1.74. The normalized spacial score (nSPS) is 10.1. The van der Waals surface area contributed by atoms with Gasteiger partial charge in [0.2, 0.25) is 0 Å². The highest BCUT2D eigenvalue weighted by Gasteiger charge is 2.12. The lowest BCUT2D eigenvalue weighted by atomic mass is 10.2. The summed E-state index contributed by atoms with van der Waals surface area (Å²) in [6.07, 6.45) is 3.79. The van der Waals surface area contributed by atoms with E-state index in [9.17, 15) is 0 Å². The monoisotopic (exact) mass is 221 g/mol. The zero-order valence-corrected chi connectivity index (χ0v) is 9.90. The molecule has 1 aromatic rings. The topological polar surface area (TPSA) is 78.9 Å². The Morgan fingerprint density at radius 1 is 1.50 bits per heavy atom. The van der Waals surface area contributed by atoms with E-state index in [-0.39, 0.29) is 5.84 Å². The standard InChI is InChI=1S/C11H19N5/c1-3-5-8-16(4-2)11-9(10(12)13)6-7-14-15-11/h6-7H,3-5,8H2,1-2H3,(H3,12,13). The maximum absolute atomic E-state index is 7.51. The minimum Gasteiger partial charge on any atom is -0.384 e. The van der Waals surface area contributed by atoms with E-state index in [0.29, 0.717) is 11.4 Å². The Bertz CT molecular complexity index is 350. The number of nitrogens with zero attached hydrogens (tertiary/aromatic N) is 3. The predicted molar refractivity (Wildman–Crippen MR) is 65.8 cm³/mol. The van der Waals surface area contributed by atoms with Gasteiger partial charge in [0.25, 0.3) is 0 Å². The van der Waals surface area contributed by atoms with E-state index in [1.54, 1.807) is 12.3 Å². The molecule has 0 saturated heterocycles. The third-order valence-corrected chi connectivity index (χ3v) is 2.45. The van der Waals surface area contributed by atoms with Crippen LogP contribution in [-0.4, -0.2) is 29.1 Å². The summed E-state index contributed by atoms with van der Waals surface area (Å²) in [5.41, 5.74) is 6.18. The highest BCUT2D eigenvalue weighted by atomic mass is 15.3. The maximum Gasteiger partial charge on any atom is 0.162 e. The van der Waals surface area contributed by atoms with Gasteiger partial charge in [-0.2, -0.15) is 5.10 Å². The number of nitrogens with one attached hydrogen (secondary N) is 1. The fraction of sp³-hybridized carbons (Fsp3) is 0.545. The molecule has 5 nitrogen and oxygen atoms in total. The third kappa shape index (κ3) is 2.92. The molecule has 5 heteroatoms. The Morgan fingerprint density at radius 2 is 2.25 bits per heavy atom. The Labute approximate surface area is 96.2 Å². The Kier molecular flexibility index (Phi) is 4.69. The molecule has 1 rings (SSSR count). The molecule has 0 spiro atoms. The number of nitrogens with two attached hydrogens (primary N) is 1. The average Bonchev–Trinajstić information content (AvgIpc) is 2.30. The van der Waals surface area contributed by atoms with Gasteiger partial charge in [-0.05, 0) is 19.4 Å². The first-order valence-corrected chi connectivity index (χ1v) is 5.61. The molecule has 0 saturated carbocycles. The zero-order chi connectivity index (χ0) is 12.0. The van der Waals surface area contributed by atoms with Crippen LogP contribution in [0.1, 0.15) is 32.3 Å². The Hall–Kier alpha value is -1.65. The Morgan fingerprint density at radius 3 is 2.81 bits per heavy atom. The molecule has 0 fully saturated rings. The number of anilines is 1. The van der Waals surface area contributed by atoms with E-state index in [1.165, 1.54) is 0 Å². The van der Waals surface area contributed by atoms with Gasteiger partial charge in [0.15, 0.2) is 5.82 Å². The van der Waals surface area contributed by atoms with Crippen molar-refractivity contribution in [3.8, 4) is 0 Å². The van der Waals surface area contributed by atoms with E-state index in [4.69, 9.17) is 11.1 Å². The van der Waals surface area contributed by atoms with E-state index >= 15 is 0 Å². The van der Waals surface area contributed by atoms with Crippen LogP contribution in [0.4, 0.5) is 5.82 Å². The molecule has 0 aliphatic carbocycles. The molecular formula is C11H19N5. The van der Waals surface area contributed by atoms with Gasteiger partial charge in [-0.1, -0.05) is 13.3 Å². The maximum atomic E-state index is 7.51. The minimum atomic E-state index is 0.0415. The molecule has 3 N–H and O–H groups in total. The first-order valence-electron chi connectivity index (χ1n) is 5.61. The molecular weight excluding hydrogens is 202 g/mol. The lowest BCUT2D eigenvalue weighted by Gasteiger charge is -2.22. The van der Waals surface area contributed by atoms with Crippen molar-refractivity contribution in [2.75, 3.05) is 18.0 Å². The second kappa shape index (κ2) is 6.05. The Balaban J connectivity index is 2.94. The van der Waals surface area contributed by atoms with Gasteiger partial charge in [0.1, 0.15) is 5.84 Å². The molecule has 0 aliphatic rings. The van der Waals surface area contributed by atoms with Crippen molar-refractivity contribution in [3.05, 3.63) is 17.8 Å².